The Kier molecular flexibility index (Phi) is 9.14. The van der Waals surface area contributed by atoms with Crippen molar-refractivity contribution in [1.29, 1.82) is 0 Å². The molecule has 2 saturated heterocycles. The topological polar surface area (TPSA) is 48.0 Å². The summed E-state index contributed by atoms with van der Waals surface area (Å²) < 4.78 is 82.7. The number of para-hydroxylation sites is 1. The smallest absolute Gasteiger partial charge is 0.405 e. The number of piperidine rings is 1. The number of halogens is 6. The molecule has 2 aliphatic heterocycles. The Balaban J connectivity index is 1.18. The van der Waals surface area contributed by atoms with Crippen molar-refractivity contribution in [2.45, 2.75) is 45.1 Å². The maximum Gasteiger partial charge on any atom is 0.573 e. The molecule has 1 atom stereocenters. The van der Waals surface area contributed by atoms with Gasteiger partial charge in [0.2, 0.25) is 0 Å². The van der Waals surface area contributed by atoms with Crippen LogP contribution in [0.5, 0.6) is 5.75 Å². The fraction of sp³-hybridized carbons (Fsp3) is 0.519. The second kappa shape index (κ2) is 12.4. The molecule has 0 unspecified atom stereocenters. The lowest BCUT2D eigenvalue weighted by molar-refractivity contribution is -0.275. The second-order valence-electron chi connectivity index (χ2n) is 10.1. The number of nitrogens with zero attached hydrogens (tertiary/aromatic N) is 3. The van der Waals surface area contributed by atoms with Gasteiger partial charge in [-0.1, -0.05) is 18.2 Å². The highest BCUT2D eigenvalue weighted by atomic mass is 19.4. The summed E-state index contributed by atoms with van der Waals surface area (Å²) in [4.78, 5) is 18.3. The van der Waals surface area contributed by atoms with Crippen LogP contribution < -0.4 is 15.0 Å². The Bertz CT molecular complexity index is 1120. The third-order valence-electron chi connectivity index (χ3n) is 7.35. The van der Waals surface area contributed by atoms with Gasteiger partial charge in [-0.25, -0.2) is 18.0 Å². The molecule has 2 fully saturated rings. The van der Waals surface area contributed by atoms with E-state index >= 15 is 0 Å². The lowest BCUT2D eigenvalue weighted by Gasteiger charge is -2.41. The number of ether oxygens (including phenoxy) is 1. The lowest BCUT2D eigenvalue weighted by atomic mass is 9.93. The first-order valence-corrected chi connectivity index (χ1v) is 13.0. The van der Waals surface area contributed by atoms with E-state index in [9.17, 15) is 31.1 Å². The number of anilines is 1. The van der Waals surface area contributed by atoms with Gasteiger partial charge in [0.05, 0.1) is 0 Å². The average Bonchev–Trinajstić information content (AvgIpc) is 2.88. The van der Waals surface area contributed by atoms with Gasteiger partial charge in [0.1, 0.15) is 5.75 Å². The van der Waals surface area contributed by atoms with Crippen LogP contribution in [0.3, 0.4) is 0 Å². The number of nitrogens with one attached hydrogen (secondary N) is 1. The standard InChI is InChI=1S/C27H32F6N4O2/c1-18-16-36(21-14-22(28)25(30)23(29)15-21)12-13-37(18)26(38)34-9-6-19-7-10-35(11-8-19)17-20-4-2-3-5-24(20)39-27(31,32)33/h2-5,14-15,18-19H,6-13,16-17H2,1H3,(H,34,38)/t18-/m1/s1. The predicted octanol–water partition coefficient (Wildman–Crippen LogP) is 5.52. The summed E-state index contributed by atoms with van der Waals surface area (Å²) in [7, 11) is 0. The van der Waals surface area contributed by atoms with Gasteiger partial charge >= 0.3 is 12.4 Å². The van der Waals surface area contributed by atoms with Gasteiger partial charge in [-0.15, -0.1) is 13.2 Å². The molecule has 0 bridgehead atoms. The van der Waals surface area contributed by atoms with Crippen molar-refractivity contribution >= 4 is 11.7 Å². The molecule has 0 spiro atoms. The molecule has 39 heavy (non-hydrogen) atoms. The quantitative estimate of drug-likeness (QED) is 0.359. The Morgan fingerprint density at radius 3 is 2.33 bits per heavy atom. The maximum absolute atomic E-state index is 13.6. The molecule has 2 aromatic rings. The van der Waals surface area contributed by atoms with E-state index in [1.165, 1.54) is 12.1 Å². The molecule has 6 nitrogen and oxygen atoms in total. The summed E-state index contributed by atoms with van der Waals surface area (Å²) >= 11 is 0. The summed E-state index contributed by atoms with van der Waals surface area (Å²) in [5, 5.41) is 2.95. The van der Waals surface area contributed by atoms with Crippen LogP contribution in [0, 0.1) is 23.4 Å². The molecular weight excluding hydrogens is 526 g/mol. The normalized spacial score (nSPS) is 19.3. The van der Waals surface area contributed by atoms with Crippen LogP contribution in [0.4, 0.5) is 36.8 Å². The lowest BCUT2D eigenvalue weighted by Crippen LogP contribution is -2.56. The number of benzene rings is 2. The molecule has 2 heterocycles. The van der Waals surface area contributed by atoms with E-state index in [0.717, 1.165) is 44.5 Å². The molecule has 2 aromatic carbocycles. The summed E-state index contributed by atoms with van der Waals surface area (Å²) in [6.45, 7) is 5.25. The third kappa shape index (κ3) is 7.71. The van der Waals surface area contributed by atoms with Gasteiger partial charge in [-0.05, 0) is 51.3 Å². The van der Waals surface area contributed by atoms with E-state index in [1.807, 2.05) is 6.92 Å². The number of likely N-dealkylation sites (tertiary alicyclic amines) is 1. The molecule has 0 saturated carbocycles. The van der Waals surface area contributed by atoms with Crippen molar-refractivity contribution in [2.75, 3.05) is 44.2 Å². The van der Waals surface area contributed by atoms with Crippen LogP contribution in [0.25, 0.3) is 0 Å². The minimum Gasteiger partial charge on any atom is -0.405 e. The molecule has 2 aliphatic rings. The summed E-state index contributed by atoms with van der Waals surface area (Å²) in [6, 6.07) is 7.65. The number of rotatable bonds is 7. The van der Waals surface area contributed by atoms with Crippen molar-refractivity contribution in [1.82, 2.24) is 15.1 Å². The van der Waals surface area contributed by atoms with Gasteiger partial charge in [-0.2, -0.15) is 0 Å². The number of urea groups is 1. The number of amides is 2. The first-order valence-electron chi connectivity index (χ1n) is 13.0. The average molecular weight is 559 g/mol. The Morgan fingerprint density at radius 1 is 1.03 bits per heavy atom. The van der Waals surface area contributed by atoms with Gasteiger partial charge in [0, 0.05) is 62.1 Å². The first kappa shape index (κ1) is 28.8. The number of hydrogen-bond donors (Lipinski definition) is 1. The van der Waals surface area contributed by atoms with E-state index in [-0.39, 0.29) is 23.5 Å². The molecule has 1 N–H and O–H groups in total. The zero-order chi connectivity index (χ0) is 28.2. The first-order chi connectivity index (χ1) is 18.5. The summed E-state index contributed by atoms with van der Waals surface area (Å²) in [5.74, 6) is -3.79. The highest BCUT2D eigenvalue weighted by Gasteiger charge is 2.32. The fourth-order valence-electron chi connectivity index (χ4n) is 5.24. The second-order valence-corrected chi connectivity index (χ2v) is 10.1. The molecule has 4 rings (SSSR count). The van der Waals surface area contributed by atoms with E-state index in [1.54, 1.807) is 21.9 Å². The van der Waals surface area contributed by atoms with Gasteiger partial charge in [0.25, 0.3) is 0 Å². The Labute approximate surface area is 223 Å². The summed E-state index contributed by atoms with van der Waals surface area (Å²) in [5.41, 5.74) is 0.727. The Hall–Kier alpha value is -3.15. The number of carbonyl (C=O) groups is 1. The van der Waals surface area contributed by atoms with E-state index in [2.05, 4.69) is 15.0 Å². The van der Waals surface area contributed by atoms with Gasteiger partial charge < -0.3 is 19.9 Å². The molecule has 0 aliphatic carbocycles. The zero-order valence-electron chi connectivity index (χ0n) is 21.6. The van der Waals surface area contributed by atoms with Crippen LogP contribution >= 0.6 is 0 Å². The summed E-state index contributed by atoms with van der Waals surface area (Å²) in [6.07, 6.45) is -2.20. The highest BCUT2D eigenvalue weighted by molar-refractivity contribution is 5.75. The molecule has 214 valence electrons. The van der Waals surface area contributed by atoms with Gasteiger partial charge in [-0.3, -0.25) is 4.90 Å². The number of piperazine rings is 1. The van der Waals surface area contributed by atoms with E-state index in [4.69, 9.17) is 0 Å². The largest absolute Gasteiger partial charge is 0.573 e. The Morgan fingerprint density at radius 2 is 1.69 bits per heavy atom. The third-order valence-corrected chi connectivity index (χ3v) is 7.35. The predicted molar refractivity (Wildman–Crippen MR) is 134 cm³/mol. The van der Waals surface area contributed by atoms with Crippen LogP contribution in [-0.4, -0.2) is 67.5 Å². The minimum absolute atomic E-state index is 0.179. The van der Waals surface area contributed by atoms with E-state index in [0.29, 0.717) is 44.2 Å². The number of alkyl halides is 3. The van der Waals surface area contributed by atoms with Crippen LogP contribution in [0.2, 0.25) is 0 Å². The van der Waals surface area contributed by atoms with Crippen LogP contribution in [0.1, 0.15) is 31.7 Å². The molecule has 0 radical (unpaired) electrons. The highest BCUT2D eigenvalue weighted by Crippen LogP contribution is 2.29. The molecular formula is C27H32F6N4O2. The monoisotopic (exact) mass is 558 g/mol. The van der Waals surface area contributed by atoms with Gasteiger partial charge in [0.15, 0.2) is 17.5 Å². The van der Waals surface area contributed by atoms with Crippen LogP contribution in [-0.2, 0) is 6.54 Å². The maximum atomic E-state index is 13.6. The van der Waals surface area contributed by atoms with Crippen molar-refractivity contribution in [2.24, 2.45) is 5.92 Å². The van der Waals surface area contributed by atoms with Crippen molar-refractivity contribution in [3.05, 3.63) is 59.4 Å². The van der Waals surface area contributed by atoms with Crippen molar-refractivity contribution in [3.8, 4) is 5.75 Å². The molecule has 0 aromatic heterocycles. The fourth-order valence-corrected chi connectivity index (χ4v) is 5.24. The number of hydrogen-bond acceptors (Lipinski definition) is 4. The molecule has 2 amide bonds. The van der Waals surface area contributed by atoms with Crippen molar-refractivity contribution in [3.63, 3.8) is 0 Å². The number of carbonyl (C=O) groups excluding carboxylic acids is 1. The molecule has 12 heteroatoms. The van der Waals surface area contributed by atoms with Crippen molar-refractivity contribution < 1.29 is 35.9 Å². The van der Waals surface area contributed by atoms with E-state index < -0.39 is 23.8 Å². The zero-order valence-corrected chi connectivity index (χ0v) is 21.6. The minimum atomic E-state index is -4.74. The SMILES string of the molecule is C[C@@H]1CN(c2cc(F)c(F)c(F)c2)CCN1C(=O)NCCC1CCN(Cc2ccccc2OC(F)(F)F)CC1. The van der Waals surface area contributed by atoms with Crippen LogP contribution in [0.15, 0.2) is 36.4 Å².